The van der Waals surface area contributed by atoms with Crippen molar-refractivity contribution in [2.45, 2.75) is 4.90 Å². The summed E-state index contributed by atoms with van der Waals surface area (Å²) in [7, 11) is -3.73. The maximum absolute atomic E-state index is 11.3. The molecule has 0 bridgehead atoms. The molecule has 0 saturated heterocycles. The molecule has 0 atom stereocenters. The fraction of sp³-hybridized carbons (Fsp3) is 0. The highest BCUT2D eigenvalue weighted by molar-refractivity contribution is 7.89. The molecular formula is C19H16N6O2S. The second-order valence-corrected chi connectivity index (χ2v) is 7.69. The molecular weight excluding hydrogens is 376 g/mol. The van der Waals surface area contributed by atoms with Gasteiger partial charge in [0.15, 0.2) is 0 Å². The molecule has 0 fully saturated rings. The summed E-state index contributed by atoms with van der Waals surface area (Å²) in [4.78, 5) is 13.0. The minimum absolute atomic E-state index is 0.0410. The lowest BCUT2D eigenvalue weighted by Gasteiger charge is -2.08. The Morgan fingerprint density at radius 1 is 0.857 bits per heavy atom. The zero-order valence-electron chi connectivity index (χ0n) is 14.6. The van der Waals surface area contributed by atoms with Crippen molar-refractivity contribution in [3.8, 4) is 11.1 Å². The fourth-order valence-corrected chi connectivity index (χ4v) is 3.21. The van der Waals surface area contributed by atoms with E-state index in [0.717, 1.165) is 22.0 Å². The lowest BCUT2D eigenvalue weighted by atomic mass is 10.1. The number of nitrogens with one attached hydrogen (secondary N) is 1. The number of hydrogen-bond donors (Lipinski definition) is 3. The summed E-state index contributed by atoms with van der Waals surface area (Å²) in [5, 5.41) is 9.05. The number of pyridine rings is 1. The summed E-state index contributed by atoms with van der Waals surface area (Å²) in [6.07, 6.45) is 3.43. The number of rotatable bonds is 4. The third-order valence-electron chi connectivity index (χ3n) is 4.14. The van der Waals surface area contributed by atoms with Crippen LogP contribution in [0.4, 0.5) is 17.5 Å². The van der Waals surface area contributed by atoms with E-state index in [-0.39, 0.29) is 4.90 Å². The average molecular weight is 392 g/mol. The molecule has 0 amide bonds. The Kier molecular flexibility index (Phi) is 4.38. The Balaban J connectivity index is 1.64. The number of anilines is 3. The number of nitrogen functional groups attached to an aromatic ring is 1. The van der Waals surface area contributed by atoms with Crippen molar-refractivity contribution in [1.82, 2.24) is 15.0 Å². The third kappa shape index (κ3) is 3.75. The van der Waals surface area contributed by atoms with Gasteiger partial charge in [0.25, 0.3) is 0 Å². The van der Waals surface area contributed by atoms with Crippen molar-refractivity contribution in [3.63, 3.8) is 0 Å². The predicted molar refractivity (Wildman–Crippen MR) is 108 cm³/mol. The van der Waals surface area contributed by atoms with E-state index < -0.39 is 10.0 Å². The van der Waals surface area contributed by atoms with Crippen LogP contribution < -0.4 is 16.2 Å². The van der Waals surface area contributed by atoms with Gasteiger partial charge < -0.3 is 11.1 Å². The molecule has 0 aliphatic heterocycles. The molecule has 0 aliphatic carbocycles. The number of hydrogen-bond acceptors (Lipinski definition) is 7. The van der Waals surface area contributed by atoms with Crippen LogP contribution in [0.25, 0.3) is 22.0 Å². The zero-order chi connectivity index (χ0) is 19.7. The molecule has 9 heteroatoms. The van der Waals surface area contributed by atoms with Gasteiger partial charge in [-0.2, -0.15) is 0 Å². The van der Waals surface area contributed by atoms with Gasteiger partial charge in [-0.05, 0) is 48.0 Å². The third-order valence-corrected chi connectivity index (χ3v) is 5.07. The maximum Gasteiger partial charge on any atom is 0.238 e. The summed E-state index contributed by atoms with van der Waals surface area (Å²) >= 11 is 0. The van der Waals surface area contributed by atoms with Crippen molar-refractivity contribution < 1.29 is 8.42 Å². The Morgan fingerprint density at radius 3 is 2.29 bits per heavy atom. The summed E-state index contributed by atoms with van der Waals surface area (Å²) in [5.74, 6) is 0.857. The first-order chi connectivity index (χ1) is 13.4. The van der Waals surface area contributed by atoms with Crippen molar-refractivity contribution in [2.75, 3.05) is 11.1 Å². The van der Waals surface area contributed by atoms with Gasteiger partial charge >= 0.3 is 0 Å². The lowest BCUT2D eigenvalue weighted by Crippen LogP contribution is -2.11. The first kappa shape index (κ1) is 17.8. The first-order valence-electron chi connectivity index (χ1n) is 8.27. The Bertz CT molecular complexity index is 1260. The van der Waals surface area contributed by atoms with E-state index in [1.54, 1.807) is 30.6 Å². The van der Waals surface area contributed by atoms with Gasteiger partial charge in [-0.1, -0.05) is 12.1 Å². The predicted octanol–water partition coefficient (Wildman–Crippen LogP) is 2.67. The molecule has 2 heterocycles. The number of nitrogens with two attached hydrogens (primary N) is 2. The SMILES string of the molecule is Nc1ccc(-c2ccc3cnc(Nc4ccc(S(N)(=O)=O)cc4)nc3c2)cn1. The molecule has 140 valence electrons. The highest BCUT2D eigenvalue weighted by atomic mass is 32.2. The summed E-state index contributed by atoms with van der Waals surface area (Å²) in [6, 6.07) is 15.5. The van der Waals surface area contributed by atoms with E-state index >= 15 is 0 Å². The van der Waals surface area contributed by atoms with Crippen molar-refractivity contribution in [3.05, 3.63) is 67.0 Å². The van der Waals surface area contributed by atoms with Crippen LogP contribution in [0.15, 0.2) is 71.9 Å². The van der Waals surface area contributed by atoms with Gasteiger partial charge in [0.2, 0.25) is 16.0 Å². The molecule has 0 saturated carbocycles. The van der Waals surface area contributed by atoms with Crippen molar-refractivity contribution in [2.24, 2.45) is 5.14 Å². The highest BCUT2D eigenvalue weighted by Gasteiger charge is 2.08. The lowest BCUT2D eigenvalue weighted by molar-refractivity contribution is 0.598. The van der Waals surface area contributed by atoms with Crippen LogP contribution >= 0.6 is 0 Å². The van der Waals surface area contributed by atoms with Gasteiger partial charge in [0.1, 0.15) is 5.82 Å². The number of fused-ring (bicyclic) bond motifs is 1. The molecule has 8 nitrogen and oxygen atoms in total. The molecule has 2 aromatic heterocycles. The van der Waals surface area contributed by atoms with Crippen LogP contribution in [-0.2, 0) is 10.0 Å². The number of sulfonamides is 1. The molecule has 0 unspecified atom stereocenters. The molecule has 4 aromatic rings. The van der Waals surface area contributed by atoms with E-state index in [0.29, 0.717) is 17.5 Å². The average Bonchev–Trinajstić information content (AvgIpc) is 2.68. The zero-order valence-corrected chi connectivity index (χ0v) is 15.4. The van der Waals surface area contributed by atoms with Crippen molar-refractivity contribution >= 4 is 38.4 Å². The summed E-state index contributed by atoms with van der Waals surface area (Å²) < 4.78 is 22.7. The first-order valence-corrected chi connectivity index (χ1v) is 9.82. The minimum atomic E-state index is -3.73. The van der Waals surface area contributed by atoms with Gasteiger partial charge in [-0.15, -0.1) is 0 Å². The van der Waals surface area contributed by atoms with Crippen LogP contribution in [0, 0.1) is 0 Å². The van der Waals surface area contributed by atoms with Crippen LogP contribution in [0.1, 0.15) is 0 Å². The fourth-order valence-electron chi connectivity index (χ4n) is 2.70. The number of benzene rings is 2. The van der Waals surface area contributed by atoms with Gasteiger partial charge in [0, 0.05) is 29.0 Å². The van der Waals surface area contributed by atoms with Gasteiger partial charge in [0.05, 0.1) is 10.4 Å². The van der Waals surface area contributed by atoms with Crippen LogP contribution in [0.5, 0.6) is 0 Å². The van der Waals surface area contributed by atoms with Crippen LogP contribution in [0.2, 0.25) is 0 Å². The molecule has 0 radical (unpaired) electrons. The monoisotopic (exact) mass is 392 g/mol. The Hall–Kier alpha value is -3.56. The van der Waals surface area contributed by atoms with Gasteiger partial charge in [-0.25, -0.2) is 28.5 Å². The van der Waals surface area contributed by atoms with Crippen LogP contribution in [0.3, 0.4) is 0 Å². The van der Waals surface area contributed by atoms with E-state index in [9.17, 15) is 8.42 Å². The normalized spacial score (nSPS) is 11.5. The smallest absolute Gasteiger partial charge is 0.238 e. The largest absolute Gasteiger partial charge is 0.384 e. The topological polar surface area (TPSA) is 137 Å². The molecule has 4 rings (SSSR count). The standard InChI is InChI=1S/C19H16N6O2S/c20-18-8-3-13(10-22-18)12-1-2-14-11-23-19(25-17(14)9-12)24-15-4-6-16(7-5-15)28(21,26)27/h1-11H,(H2,20,22)(H2,21,26,27)(H,23,24,25). The number of aromatic nitrogens is 3. The number of nitrogens with zero attached hydrogens (tertiary/aromatic N) is 3. The second-order valence-electron chi connectivity index (χ2n) is 6.13. The minimum Gasteiger partial charge on any atom is -0.384 e. The van der Waals surface area contributed by atoms with Crippen LogP contribution in [-0.4, -0.2) is 23.4 Å². The summed E-state index contributed by atoms with van der Waals surface area (Å²) in [6.45, 7) is 0. The Labute approximate surface area is 161 Å². The van der Waals surface area contributed by atoms with E-state index in [1.807, 2.05) is 24.3 Å². The maximum atomic E-state index is 11.3. The van der Waals surface area contributed by atoms with Gasteiger partial charge in [-0.3, -0.25) is 0 Å². The summed E-state index contributed by atoms with van der Waals surface area (Å²) in [5.41, 5.74) is 8.94. The molecule has 2 aromatic carbocycles. The van der Waals surface area contributed by atoms with E-state index in [4.69, 9.17) is 10.9 Å². The molecule has 0 spiro atoms. The molecule has 0 aliphatic rings. The van der Waals surface area contributed by atoms with E-state index in [2.05, 4.69) is 20.3 Å². The molecule has 5 N–H and O–H groups in total. The Morgan fingerprint density at radius 2 is 1.61 bits per heavy atom. The molecule has 28 heavy (non-hydrogen) atoms. The van der Waals surface area contributed by atoms with E-state index in [1.165, 1.54) is 12.1 Å². The quantitative estimate of drug-likeness (QED) is 0.485. The second kappa shape index (κ2) is 6.87. The van der Waals surface area contributed by atoms with Crippen molar-refractivity contribution in [1.29, 1.82) is 0 Å². The number of primary sulfonamides is 1. The highest BCUT2D eigenvalue weighted by Crippen LogP contribution is 2.24.